The summed E-state index contributed by atoms with van der Waals surface area (Å²) in [5.74, 6) is 0.897. The van der Waals surface area contributed by atoms with Gasteiger partial charge in [0, 0.05) is 25.7 Å². The lowest BCUT2D eigenvalue weighted by atomic mass is 9.92. The number of nitrogens with zero attached hydrogens (tertiary/aromatic N) is 1. The Hall–Kier alpha value is -0.860. The van der Waals surface area contributed by atoms with Crippen LogP contribution in [0.5, 0.6) is 0 Å². The Morgan fingerprint density at radius 2 is 1.75 bits per heavy atom. The molecule has 1 N–H and O–H groups in total. The van der Waals surface area contributed by atoms with Crippen LogP contribution < -0.4 is 5.32 Å². The number of hydrogen-bond acceptors (Lipinski definition) is 2. The lowest BCUT2D eigenvalue weighted by molar-refractivity contribution is 0.188. The SMILES string of the molecule is Cc1cc(C)c(C(C2CC2)N2CCCNCC2)cc1C. The van der Waals surface area contributed by atoms with Crippen molar-refractivity contribution in [1.82, 2.24) is 10.2 Å². The van der Waals surface area contributed by atoms with Crippen LogP contribution in [-0.2, 0) is 0 Å². The summed E-state index contributed by atoms with van der Waals surface area (Å²) < 4.78 is 0. The maximum atomic E-state index is 3.54. The molecule has 2 aliphatic rings. The van der Waals surface area contributed by atoms with E-state index in [4.69, 9.17) is 0 Å². The fourth-order valence-corrected chi connectivity index (χ4v) is 3.61. The van der Waals surface area contributed by atoms with Crippen LogP contribution in [-0.4, -0.2) is 31.1 Å². The van der Waals surface area contributed by atoms with Crippen LogP contribution in [0.2, 0.25) is 0 Å². The Morgan fingerprint density at radius 1 is 1.00 bits per heavy atom. The van der Waals surface area contributed by atoms with Crippen LogP contribution in [0.15, 0.2) is 12.1 Å². The van der Waals surface area contributed by atoms with Crippen LogP contribution >= 0.6 is 0 Å². The van der Waals surface area contributed by atoms with E-state index in [-0.39, 0.29) is 0 Å². The number of benzene rings is 1. The van der Waals surface area contributed by atoms with Crippen LogP contribution in [0, 0.1) is 26.7 Å². The molecule has 1 heterocycles. The molecule has 1 saturated heterocycles. The summed E-state index contributed by atoms with van der Waals surface area (Å²) in [6.07, 6.45) is 4.12. The van der Waals surface area contributed by atoms with E-state index in [2.05, 4.69) is 43.1 Å². The van der Waals surface area contributed by atoms with E-state index < -0.39 is 0 Å². The predicted octanol–water partition coefficient (Wildman–Crippen LogP) is 3.36. The average Bonchev–Trinajstić information content (AvgIpc) is 3.23. The smallest absolute Gasteiger partial charge is 0.0379 e. The van der Waals surface area contributed by atoms with Crippen molar-refractivity contribution in [2.75, 3.05) is 26.2 Å². The molecular formula is C18H28N2. The van der Waals surface area contributed by atoms with E-state index in [1.54, 1.807) is 5.56 Å². The molecular weight excluding hydrogens is 244 g/mol. The first-order chi connectivity index (χ1) is 9.66. The van der Waals surface area contributed by atoms with Gasteiger partial charge in [-0.15, -0.1) is 0 Å². The van der Waals surface area contributed by atoms with Gasteiger partial charge in [-0.05, 0) is 74.8 Å². The minimum Gasteiger partial charge on any atom is -0.315 e. The van der Waals surface area contributed by atoms with Crippen LogP contribution in [0.25, 0.3) is 0 Å². The first-order valence-electron chi connectivity index (χ1n) is 8.19. The highest BCUT2D eigenvalue weighted by Gasteiger charge is 2.37. The Morgan fingerprint density at radius 3 is 2.50 bits per heavy atom. The Balaban J connectivity index is 1.92. The van der Waals surface area contributed by atoms with Crippen molar-refractivity contribution in [2.24, 2.45) is 5.92 Å². The van der Waals surface area contributed by atoms with Crippen LogP contribution in [0.4, 0.5) is 0 Å². The number of nitrogens with one attached hydrogen (secondary N) is 1. The van der Waals surface area contributed by atoms with Gasteiger partial charge in [0.2, 0.25) is 0 Å². The first kappa shape index (κ1) is 14.1. The molecule has 1 aromatic rings. The Kier molecular flexibility index (Phi) is 4.13. The second-order valence-corrected chi connectivity index (χ2v) is 6.71. The van der Waals surface area contributed by atoms with Gasteiger partial charge in [-0.1, -0.05) is 12.1 Å². The lowest BCUT2D eigenvalue weighted by Gasteiger charge is -2.32. The summed E-state index contributed by atoms with van der Waals surface area (Å²) >= 11 is 0. The van der Waals surface area contributed by atoms with E-state index in [1.807, 2.05) is 0 Å². The van der Waals surface area contributed by atoms with Gasteiger partial charge in [-0.25, -0.2) is 0 Å². The Bertz CT molecular complexity index is 469. The lowest BCUT2D eigenvalue weighted by Crippen LogP contribution is -2.34. The van der Waals surface area contributed by atoms with E-state index in [1.165, 1.54) is 55.6 Å². The number of rotatable bonds is 3. The molecule has 1 unspecified atom stereocenters. The summed E-state index contributed by atoms with van der Waals surface area (Å²) in [4.78, 5) is 2.74. The first-order valence-corrected chi connectivity index (χ1v) is 8.19. The molecule has 0 spiro atoms. The molecule has 1 atom stereocenters. The van der Waals surface area contributed by atoms with E-state index in [0.29, 0.717) is 6.04 Å². The molecule has 0 bridgehead atoms. The van der Waals surface area contributed by atoms with Crippen molar-refractivity contribution in [1.29, 1.82) is 0 Å². The molecule has 2 heteroatoms. The zero-order valence-electron chi connectivity index (χ0n) is 13.2. The molecule has 0 amide bonds. The normalized spacial score (nSPS) is 22.6. The zero-order valence-corrected chi connectivity index (χ0v) is 13.2. The van der Waals surface area contributed by atoms with Crippen molar-refractivity contribution in [2.45, 2.75) is 46.1 Å². The van der Waals surface area contributed by atoms with Crippen molar-refractivity contribution >= 4 is 0 Å². The highest BCUT2D eigenvalue weighted by molar-refractivity contribution is 5.39. The summed E-state index contributed by atoms with van der Waals surface area (Å²) in [5.41, 5.74) is 5.96. The third kappa shape index (κ3) is 2.91. The van der Waals surface area contributed by atoms with E-state index in [9.17, 15) is 0 Å². The minimum absolute atomic E-state index is 0.661. The number of hydrogen-bond donors (Lipinski definition) is 1. The summed E-state index contributed by atoms with van der Waals surface area (Å²) in [5, 5.41) is 3.54. The van der Waals surface area contributed by atoms with Crippen molar-refractivity contribution in [3.8, 4) is 0 Å². The Labute approximate surface area is 123 Å². The molecule has 1 aliphatic heterocycles. The van der Waals surface area contributed by atoms with Gasteiger partial charge < -0.3 is 5.32 Å². The average molecular weight is 272 g/mol. The zero-order chi connectivity index (χ0) is 14.1. The molecule has 3 rings (SSSR count). The molecule has 2 nitrogen and oxygen atoms in total. The highest BCUT2D eigenvalue weighted by atomic mass is 15.2. The molecule has 0 radical (unpaired) electrons. The fourth-order valence-electron chi connectivity index (χ4n) is 3.61. The second-order valence-electron chi connectivity index (χ2n) is 6.71. The van der Waals surface area contributed by atoms with E-state index >= 15 is 0 Å². The van der Waals surface area contributed by atoms with Gasteiger partial charge in [-0.3, -0.25) is 4.90 Å². The van der Waals surface area contributed by atoms with Gasteiger partial charge in [-0.2, -0.15) is 0 Å². The molecule has 20 heavy (non-hydrogen) atoms. The van der Waals surface area contributed by atoms with Crippen molar-refractivity contribution in [3.05, 3.63) is 34.4 Å². The van der Waals surface area contributed by atoms with Crippen LogP contribution in [0.1, 0.15) is 47.6 Å². The summed E-state index contributed by atoms with van der Waals surface area (Å²) in [7, 11) is 0. The fraction of sp³-hybridized carbons (Fsp3) is 0.667. The van der Waals surface area contributed by atoms with Crippen LogP contribution in [0.3, 0.4) is 0 Å². The summed E-state index contributed by atoms with van der Waals surface area (Å²) in [6.45, 7) is 11.6. The molecule has 1 saturated carbocycles. The largest absolute Gasteiger partial charge is 0.315 e. The summed E-state index contributed by atoms with van der Waals surface area (Å²) in [6, 6.07) is 5.51. The highest BCUT2D eigenvalue weighted by Crippen LogP contribution is 2.45. The van der Waals surface area contributed by atoms with Gasteiger partial charge in [0.1, 0.15) is 0 Å². The molecule has 1 aliphatic carbocycles. The van der Waals surface area contributed by atoms with Gasteiger partial charge >= 0.3 is 0 Å². The van der Waals surface area contributed by atoms with Crippen molar-refractivity contribution in [3.63, 3.8) is 0 Å². The third-order valence-electron chi connectivity index (χ3n) is 5.04. The molecule has 0 aromatic heterocycles. The topological polar surface area (TPSA) is 15.3 Å². The quantitative estimate of drug-likeness (QED) is 0.907. The minimum atomic E-state index is 0.661. The monoisotopic (exact) mass is 272 g/mol. The molecule has 2 fully saturated rings. The maximum Gasteiger partial charge on any atom is 0.0379 e. The molecule has 1 aromatic carbocycles. The number of aryl methyl sites for hydroxylation is 3. The standard InChI is InChI=1S/C18H28N2/c1-13-11-15(3)17(12-14(13)2)18(16-5-6-16)20-9-4-7-19-8-10-20/h11-12,16,18-19H,4-10H2,1-3H3. The van der Waals surface area contributed by atoms with Crippen molar-refractivity contribution < 1.29 is 0 Å². The predicted molar refractivity (Wildman–Crippen MR) is 85.2 cm³/mol. The second kappa shape index (κ2) is 5.87. The third-order valence-corrected chi connectivity index (χ3v) is 5.04. The van der Waals surface area contributed by atoms with Gasteiger partial charge in [0.25, 0.3) is 0 Å². The van der Waals surface area contributed by atoms with Gasteiger partial charge in [0.15, 0.2) is 0 Å². The van der Waals surface area contributed by atoms with Gasteiger partial charge in [0.05, 0.1) is 0 Å². The maximum absolute atomic E-state index is 3.54. The molecule has 110 valence electrons. The van der Waals surface area contributed by atoms with E-state index in [0.717, 1.165) is 12.5 Å².